The summed E-state index contributed by atoms with van der Waals surface area (Å²) in [5.74, 6) is 0.798. The third-order valence-electron chi connectivity index (χ3n) is 6.60. The number of carbonyl (C=O) groups is 2. The second-order valence-corrected chi connectivity index (χ2v) is 8.76. The summed E-state index contributed by atoms with van der Waals surface area (Å²) >= 11 is 0. The van der Waals surface area contributed by atoms with Crippen LogP contribution in [-0.4, -0.2) is 56.2 Å². The van der Waals surface area contributed by atoms with Crippen LogP contribution in [0.25, 0.3) is 0 Å². The van der Waals surface area contributed by atoms with Crippen LogP contribution >= 0.6 is 0 Å². The van der Waals surface area contributed by atoms with Gasteiger partial charge in [0.2, 0.25) is 0 Å². The first-order valence-corrected chi connectivity index (χ1v) is 11.9. The van der Waals surface area contributed by atoms with Crippen molar-refractivity contribution in [2.75, 3.05) is 34.5 Å². The van der Waals surface area contributed by atoms with Crippen molar-refractivity contribution >= 4 is 17.6 Å². The summed E-state index contributed by atoms with van der Waals surface area (Å²) in [5.41, 5.74) is 2.78. The minimum atomic E-state index is -0.522. The molecule has 0 N–H and O–H groups in total. The molecule has 0 saturated carbocycles. The Labute approximate surface area is 219 Å². The van der Waals surface area contributed by atoms with E-state index >= 15 is 0 Å². The average Bonchev–Trinajstić information content (AvgIpc) is 2.94. The highest BCUT2D eigenvalue weighted by Crippen LogP contribution is 2.39. The Hall–Kier alpha value is -4.60. The van der Waals surface area contributed by atoms with Gasteiger partial charge in [0.15, 0.2) is 11.5 Å². The number of nitro benzene ring substituents is 1. The van der Waals surface area contributed by atoms with Crippen LogP contribution < -0.4 is 14.2 Å². The maximum Gasteiger partial charge on any atom is 0.337 e. The van der Waals surface area contributed by atoms with Crippen LogP contribution in [0.5, 0.6) is 17.2 Å². The van der Waals surface area contributed by atoms with Crippen LogP contribution in [0.2, 0.25) is 0 Å². The van der Waals surface area contributed by atoms with Crippen LogP contribution in [-0.2, 0) is 11.2 Å². The number of methoxy groups -OCH3 is 3. The molecule has 0 aromatic heterocycles. The van der Waals surface area contributed by atoms with Gasteiger partial charge in [0.25, 0.3) is 11.6 Å². The molecule has 10 heteroatoms. The number of nitro groups is 1. The molecule has 3 aromatic carbocycles. The lowest BCUT2D eigenvalue weighted by atomic mass is 9.91. The highest BCUT2D eigenvalue weighted by molar-refractivity contribution is 5.95. The molecule has 0 aliphatic carbocycles. The van der Waals surface area contributed by atoms with Crippen molar-refractivity contribution in [1.82, 2.24) is 4.90 Å². The molecular formula is C28H28N2O8. The molecule has 198 valence electrons. The summed E-state index contributed by atoms with van der Waals surface area (Å²) in [7, 11) is 4.41. The number of carbonyl (C=O) groups excluding carboxylic acids is 2. The van der Waals surface area contributed by atoms with Crippen LogP contribution in [0.4, 0.5) is 5.69 Å². The van der Waals surface area contributed by atoms with Gasteiger partial charge in [-0.2, -0.15) is 0 Å². The van der Waals surface area contributed by atoms with Crippen molar-refractivity contribution in [2.45, 2.75) is 19.4 Å². The van der Waals surface area contributed by atoms with E-state index in [1.807, 2.05) is 12.1 Å². The Morgan fingerprint density at radius 1 is 0.974 bits per heavy atom. The zero-order valence-corrected chi connectivity index (χ0v) is 21.6. The molecule has 0 bridgehead atoms. The molecule has 0 saturated heterocycles. The normalized spacial score (nSPS) is 14.3. The number of esters is 1. The second-order valence-electron chi connectivity index (χ2n) is 8.76. The smallest absolute Gasteiger partial charge is 0.337 e. The lowest BCUT2D eigenvalue weighted by molar-refractivity contribution is -0.385. The largest absolute Gasteiger partial charge is 0.493 e. The van der Waals surface area contributed by atoms with E-state index in [9.17, 15) is 19.7 Å². The summed E-state index contributed by atoms with van der Waals surface area (Å²) in [6.07, 6.45) is 0.555. The minimum Gasteiger partial charge on any atom is -0.493 e. The summed E-state index contributed by atoms with van der Waals surface area (Å²) < 4.78 is 21.8. The second kappa shape index (κ2) is 11.2. The first kappa shape index (κ1) is 26.5. The van der Waals surface area contributed by atoms with Crippen LogP contribution in [0.3, 0.4) is 0 Å². The summed E-state index contributed by atoms with van der Waals surface area (Å²) in [6, 6.07) is 14.2. The Kier molecular flexibility index (Phi) is 7.80. The van der Waals surface area contributed by atoms with Crippen molar-refractivity contribution in [3.63, 3.8) is 0 Å². The summed E-state index contributed by atoms with van der Waals surface area (Å²) in [4.78, 5) is 38.1. The Morgan fingerprint density at radius 3 is 2.26 bits per heavy atom. The zero-order chi connectivity index (χ0) is 27.4. The van der Waals surface area contributed by atoms with Gasteiger partial charge in [-0.1, -0.05) is 6.07 Å². The fourth-order valence-corrected chi connectivity index (χ4v) is 4.54. The number of fused-ring (bicyclic) bond motifs is 1. The van der Waals surface area contributed by atoms with Gasteiger partial charge in [-0.05, 0) is 66.9 Å². The van der Waals surface area contributed by atoms with Gasteiger partial charge < -0.3 is 23.8 Å². The van der Waals surface area contributed by atoms with Gasteiger partial charge in [0, 0.05) is 23.7 Å². The first-order chi connectivity index (χ1) is 18.3. The number of hydrogen-bond donors (Lipinski definition) is 0. The monoisotopic (exact) mass is 520 g/mol. The summed E-state index contributed by atoms with van der Waals surface area (Å²) in [6.45, 7) is 2.10. The molecule has 4 rings (SSSR count). The number of ether oxygens (including phenoxy) is 4. The predicted octanol–water partition coefficient (Wildman–Crippen LogP) is 4.53. The van der Waals surface area contributed by atoms with Crippen LogP contribution in [0.15, 0.2) is 54.6 Å². The highest BCUT2D eigenvalue weighted by atomic mass is 16.6. The van der Waals surface area contributed by atoms with E-state index in [0.29, 0.717) is 41.3 Å². The number of amides is 1. The summed E-state index contributed by atoms with van der Waals surface area (Å²) in [5, 5.41) is 11.5. The standard InChI is InChI=1S/C28H28N2O8/c1-17-5-6-20(13-23(17)30(33)34)27(31)29-12-11-19-14-25(35-2)26(36-3)15-22(19)24(29)16-38-21-9-7-18(8-10-21)28(32)37-4/h5-10,13-15,24H,11-12,16H2,1-4H3/t24-/m0/s1. The third-order valence-corrected chi connectivity index (χ3v) is 6.60. The number of aryl methyl sites for hydroxylation is 1. The van der Waals surface area contributed by atoms with Gasteiger partial charge >= 0.3 is 5.97 Å². The molecule has 0 spiro atoms. The van der Waals surface area contributed by atoms with Crippen molar-refractivity contribution in [3.05, 3.63) is 92.5 Å². The molecule has 1 aliphatic rings. The van der Waals surface area contributed by atoms with Crippen LogP contribution in [0, 0.1) is 17.0 Å². The molecule has 10 nitrogen and oxygen atoms in total. The molecular weight excluding hydrogens is 492 g/mol. The van der Waals surface area contributed by atoms with E-state index in [1.54, 1.807) is 55.3 Å². The van der Waals surface area contributed by atoms with E-state index in [4.69, 9.17) is 18.9 Å². The topological polar surface area (TPSA) is 117 Å². The fourth-order valence-electron chi connectivity index (χ4n) is 4.54. The quantitative estimate of drug-likeness (QED) is 0.242. The molecule has 1 atom stereocenters. The van der Waals surface area contributed by atoms with Gasteiger partial charge in [-0.3, -0.25) is 14.9 Å². The molecule has 0 unspecified atom stereocenters. The Balaban J connectivity index is 1.69. The van der Waals surface area contributed by atoms with Crippen molar-refractivity contribution in [1.29, 1.82) is 0 Å². The minimum absolute atomic E-state index is 0.0970. The molecule has 38 heavy (non-hydrogen) atoms. The van der Waals surface area contributed by atoms with Crippen LogP contribution in [0.1, 0.15) is 43.4 Å². The molecule has 0 radical (unpaired) electrons. The van der Waals surface area contributed by atoms with Gasteiger partial charge in [-0.15, -0.1) is 0 Å². The third kappa shape index (κ3) is 5.24. The lowest BCUT2D eigenvalue weighted by Gasteiger charge is -2.37. The number of nitrogens with zero attached hydrogens (tertiary/aromatic N) is 2. The van der Waals surface area contributed by atoms with Gasteiger partial charge in [0.05, 0.1) is 37.9 Å². The number of rotatable bonds is 8. The zero-order valence-electron chi connectivity index (χ0n) is 21.6. The van der Waals surface area contributed by atoms with E-state index < -0.39 is 16.9 Å². The van der Waals surface area contributed by atoms with E-state index in [1.165, 1.54) is 20.3 Å². The number of benzene rings is 3. The van der Waals surface area contributed by atoms with Gasteiger partial charge in [-0.25, -0.2) is 4.79 Å². The van der Waals surface area contributed by atoms with Crippen molar-refractivity contribution in [2.24, 2.45) is 0 Å². The maximum atomic E-state index is 13.7. The SMILES string of the molecule is COC(=O)c1ccc(OC[C@H]2c3cc(OC)c(OC)cc3CCN2C(=O)c2ccc(C)c([N+](=O)[O-])c2)cc1. The molecule has 3 aromatic rings. The Bertz CT molecular complexity index is 1370. The van der Waals surface area contributed by atoms with E-state index in [0.717, 1.165) is 11.1 Å². The van der Waals surface area contributed by atoms with Crippen molar-refractivity contribution < 1.29 is 33.5 Å². The fraction of sp³-hybridized carbons (Fsp3) is 0.286. The molecule has 0 fully saturated rings. The highest BCUT2D eigenvalue weighted by Gasteiger charge is 2.34. The van der Waals surface area contributed by atoms with Gasteiger partial charge in [0.1, 0.15) is 12.4 Å². The number of hydrogen-bond acceptors (Lipinski definition) is 8. The van der Waals surface area contributed by atoms with Crippen molar-refractivity contribution in [3.8, 4) is 17.2 Å². The molecule has 1 heterocycles. The Morgan fingerprint density at radius 2 is 1.63 bits per heavy atom. The molecule has 1 aliphatic heterocycles. The maximum absolute atomic E-state index is 13.7. The van der Waals surface area contributed by atoms with E-state index in [-0.39, 0.29) is 23.8 Å². The van der Waals surface area contributed by atoms with E-state index in [2.05, 4.69) is 0 Å². The predicted molar refractivity (Wildman–Crippen MR) is 138 cm³/mol. The first-order valence-electron chi connectivity index (χ1n) is 11.9. The average molecular weight is 521 g/mol. The molecule has 1 amide bonds. The lowest BCUT2D eigenvalue weighted by Crippen LogP contribution is -2.42.